The fraction of sp³-hybridized carbons (Fsp3) is 0.0769. The Labute approximate surface area is 395 Å². The monoisotopic (exact) mass is 860 g/mol. The van der Waals surface area contributed by atoms with Crippen LogP contribution in [0.15, 0.2) is 243 Å². The number of hydrogen-bond donors (Lipinski definition) is 0. The Kier molecular flexibility index (Phi) is 10.7. The summed E-state index contributed by atoms with van der Waals surface area (Å²) in [5, 5.41) is 0. The van der Waals surface area contributed by atoms with Crippen LogP contribution in [0.3, 0.4) is 0 Å². The molecular formula is C65H52N2. The van der Waals surface area contributed by atoms with E-state index in [4.69, 9.17) is 0 Å². The standard InChI is InChI=1S/C65H52N2/c1-45-20-17-18-31-63(45)67(55-40-41-56-62(42-55)65(3,4)61-30-19-21-46(2)64(56)61)54-38-34-50(35-39-54)60-44-57(47-22-9-5-10-23-47)59(43-58(60)48-24-11-6-12-25-48)49-32-36-53(37-33-49)66(51-26-13-7-14-27-51)52-28-15-8-16-29-52/h5-44H,1-4H3. The van der Waals surface area contributed by atoms with Crippen molar-refractivity contribution in [2.45, 2.75) is 33.1 Å². The maximum Gasteiger partial charge on any atom is 0.0490 e. The Bertz CT molecular complexity index is 3320. The smallest absolute Gasteiger partial charge is 0.0490 e. The lowest BCUT2D eigenvalue weighted by Gasteiger charge is -2.29. The van der Waals surface area contributed by atoms with Gasteiger partial charge in [-0.15, -0.1) is 0 Å². The van der Waals surface area contributed by atoms with E-state index in [-0.39, 0.29) is 5.41 Å². The number of anilines is 6. The van der Waals surface area contributed by atoms with Crippen LogP contribution in [0.4, 0.5) is 34.1 Å². The van der Waals surface area contributed by atoms with Crippen LogP contribution >= 0.6 is 0 Å². The minimum absolute atomic E-state index is 0.114. The van der Waals surface area contributed by atoms with Gasteiger partial charge in [0.05, 0.1) is 0 Å². The molecular weight excluding hydrogens is 809 g/mol. The molecule has 0 aliphatic heterocycles. The van der Waals surface area contributed by atoms with Crippen LogP contribution in [0.1, 0.15) is 36.1 Å². The van der Waals surface area contributed by atoms with Crippen LogP contribution in [0.25, 0.3) is 55.6 Å². The van der Waals surface area contributed by atoms with Crippen LogP contribution in [-0.2, 0) is 5.41 Å². The van der Waals surface area contributed by atoms with E-state index in [1.54, 1.807) is 0 Å². The van der Waals surface area contributed by atoms with E-state index in [9.17, 15) is 0 Å². The molecule has 1 aliphatic rings. The second-order valence-electron chi connectivity index (χ2n) is 18.2. The molecule has 67 heavy (non-hydrogen) atoms. The summed E-state index contributed by atoms with van der Waals surface area (Å²) in [5.41, 5.74) is 24.1. The van der Waals surface area contributed by atoms with Crippen molar-refractivity contribution in [3.05, 3.63) is 265 Å². The van der Waals surface area contributed by atoms with E-state index < -0.39 is 0 Å². The first-order valence-corrected chi connectivity index (χ1v) is 23.3. The van der Waals surface area contributed by atoms with Crippen LogP contribution < -0.4 is 9.80 Å². The summed E-state index contributed by atoms with van der Waals surface area (Å²) in [6.07, 6.45) is 0. The number of hydrogen-bond acceptors (Lipinski definition) is 2. The highest BCUT2D eigenvalue weighted by Gasteiger charge is 2.37. The van der Waals surface area contributed by atoms with Crippen molar-refractivity contribution in [1.82, 2.24) is 0 Å². The van der Waals surface area contributed by atoms with Crippen molar-refractivity contribution in [3.8, 4) is 55.6 Å². The topological polar surface area (TPSA) is 6.48 Å². The zero-order valence-electron chi connectivity index (χ0n) is 38.5. The fourth-order valence-corrected chi connectivity index (χ4v) is 10.3. The molecule has 0 N–H and O–H groups in total. The molecule has 0 atom stereocenters. The van der Waals surface area contributed by atoms with Gasteiger partial charge < -0.3 is 9.80 Å². The number of aryl methyl sites for hydroxylation is 2. The van der Waals surface area contributed by atoms with Gasteiger partial charge >= 0.3 is 0 Å². The minimum Gasteiger partial charge on any atom is -0.311 e. The van der Waals surface area contributed by atoms with Gasteiger partial charge in [-0.1, -0.05) is 178 Å². The van der Waals surface area contributed by atoms with Gasteiger partial charge in [0, 0.05) is 39.5 Å². The van der Waals surface area contributed by atoms with Gasteiger partial charge in [-0.05, 0) is 171 Å². The molecule has 0 saturated heterocycles. The van der Waals surface area contributed by atoms with Crippen LogP contribution in [0.2, 0.25) is 0 Å². The molecule has 10 aromatic rings. The number of nitrogens with zero attached hydrogens (tertiary/aromatic N) is 2. The zero-order chi connectivity index (χ0) is 45.5. The average Bonchev–Trinajstić information content (AvgIpc) is 3.61. The summed E-state index contributed by atoms with van der Waals surface area (Å²) >= 11 is 0. The van der Waals surface area contributed by atoms with E-state index in [1.807, 2.05) is 0 Å². The van der Waals surface area contributed by atoms with Gasteiger partial charge in [-0.3, -0.25) is 0 Å². The van der Waals surface area contributed by atoms with Crippen LogP contribution in [0, 0.1) is 13.8 Å². The molecule has 11 rings (SSSR count). The minimum atomic E-state index is -0.114. The number of benzene rings is 10. The Morgan fingerprint density at radius 3 is 1.19 bits per heavy atom. The van der Waals surface area contributed by atoms with Crippen molar-refractivity contribution in [1.29, 1.82) is 0 Å². The lowest BCUT2D eigenvalue weighted by molar-refractivity contribution is 0.660. The molecule has 2 nitrogen and oxygen atoms in total. The molecule has 2 heteroatoms. The number of para-hydroxylation sites is 3. The first-order chi connectivity index (χ1) is 32.8. The first-order valence-electron chi connectivity index (χ1n) is 23.3. The van der Waals surface area contributed by atoms with E-state index >= 15 is 0 Å². The third kappa shape index (κ3) is 7.61. The molecule has 0 unspecified atom stereocenters. The highest BCUT2D eigenvalue weighted by atomic mass is 15.1. The van der Waals surface area contributed by atoms with E-state index in [2.05, 4.69) is 280 Å². The van der Waals surface area contributed by atoms with Gasteiger partial charge in [-0.25, -0.2) is 0 Å². The Morgan fingerprint density at radius 2 is 0.687 bits per heavy atom. The summed E-state index contributed by atoms with van der Waals surface area (Å²) in [5.74, 6) is 0. The molecule has 0 fully saturated rings. The third-order valence-electron chi connectivity index (χ3n) is 13.7. The van der Waals surface area contributed by atoms with Crippen molar-refractivity contribution >= 4 is 34.1 Å². The molecule has 0 bridgehead atoms. The van der Waals surface area contributed by atoms with E-state index in [1.165, 1.54) is 72.4 Å². The SMILES string of the molecule is Cc1ccccc1N(c1ccc(-c2cc(-c3ccccc3)c(-c3ccc(N(c4ccccc4)c4ccccc4)cc3)cc2-c2ccccc2)cc1)c1ccc2c(c1)C(C)(C)c1cccc(C)c1-2. The van der Waals surface area contributed by atoms with Crippen molar-refractivity contribution in [2.75, 3.05) is 9.80 Å². The summed E-state index contributed by atoms with van der Waals surface area (Å²) < 4.78 is 0. The number of fused-ring (bicyclic) bond motifs is 3. The van der Waals surface area contributed by atoms with Gasteiger partial charge in [-0.2, -0.15) is 0 Å². The van der Waals surface area contributed by atoms with Crippen LogP contribution in [-0.4, -0.2) is 0 Å². The second kappa shape index (κ2) is 17.3. The van der Waals surface area contributed by atoms with Gasteiger partial charge in [0.1, 0.15) is 0 Å². The third-order valence-corrected chi connectivity index (χ3v) is 13.7. The number of rotatable bonds is 10. The highest BCUT2D eigenvalue weighted by molar-refractivity contribution is 5.96. The Balaban J connectivity index is 1.03. The largest absolute Gasteiger partial charge is 0.311 e. The predicted octanol–water partition coefficient (Wildman–Crippen LogP) is 18.2. The second-order valence-corrected chi connectivity index (χ2v) is 18.2. The zero-order valence-corrected chi connectivity index (χ0v) is 38.5. The average molecular weight is 861 g/mol. The predicted molar refractivity (Wildman–Crippen MR) is 285 cm³/mol. The first kappa shape index (κ1) is 41.5. The Hall–Kier alpha value is -8.20. The molecule has 0 spiro atoms. The normalized spacial score (nSPS) is 12.3. The maximum atomic E-state index is 2.43. The molecule has 0 heterocycles. The summed E-state index contributed by atoms with van der Waals surface area (Å²) in [6.45, 7) is 9.19. The summed E-state index contributed by atoms with van der Waals surface area (Å²) in [6, 6.07) is 88.5. The van der Waals surface area contributed by atoms with Crippen molar-refractivity contribution < 1.29 is 0 Å². The lowest BCUT2D eigenvalue weighted by atomic mass is 9.82. The summed E-state index contributed by atoms with van der Waals surface area (Å²) in [7, 11) is 0. The van der Waals surface area contributed by atoms with Gasteiger partial charge in [0.2, 0.25) is 0 Å². The molecule has 10 aromatic carbocycles. The van der Waals surface area contributed by atoms with Crippen LogP contribution in [0.5, 0.6) is 0 Å². The molecule has 0 saturated carbocycles. The van der Waals surface area contributed by atoms with Gasteiger partial charge in [0.25, 0.3) is 0 Å². The fourth-order valence-electron chi connectivity index (χ4n) is 10.3. The maximum absolute atomic E-state index is 2.43. The molecule has 1 aliphatic carbocycles. The van der Waals surface area contributed by atoms with E-state index in [0.717, 1.165) is 39.6 Å². The lowest BCUT2D eigenvalue weighted by Crippen LogP contribution is -2.17. The van der Waals surface area contributed by atoms with Crippen molar-refractivity contribution in [2.24, 2.45) is 0 Å². The van der Waals surface area contributed by atoms with E-state index in [0.29, 0.717) is 0 Å². The highest BCUT2D eigenvalue weighted by Crippen LogP contribution is 2.52. The molecule has 322 valence electrons. The van der Waals surface area contributed by atoms with Crippen molar-refractivity contribution in [3.63, 3.8) is 0 Å². The molecule has 0 radical (unpaired) electrons. The quantitative estimate of drug-likeness (QED) is 0.135. The molecule has 0 amide bonds. The Morgan fingerprint density at radius 1 is 0.284 bits per heavy atom. The van der Waals surface area contributed by atoms with Gasteiger partial charge in [0.15, 0.2) is 0 Å². The summed E-state index contributed by atoms with van der Waals surface area (Å²) in [4.78, 5) is 4.75. The molecule has 0 aromatic heterocycles.